The highest BCUT2D eigenvalue weighted by Crippen LogP contribution is 2.34. The van der Waals surface area contributed by atoms with Crippen LogP contribution in [0.2, 0.25) is 0 Å². The number of nitrogens with zero attached hydrogens (tertiary/aromatic N) is 3. The molecule has 2 amide bonds. The van der Waals surface area contributed by atoms with Crippen LogP contribution in [-0.2, 0) is 21.2 Å². The number of rotatable bonds is 10. The van der Waals surface area contributed by atoms with Crippen molar-refractivity contribution in [1.29, 1.82) is 0 Å². The highest BCUT2D eigenvalue weighted by atomic mass is 32.2. The van der Waals surface area contributed by atoms with Gasteiger partial charge in [-0.3, -0.25) is 9.69 Å². The van der Waals surface area contributed by atoms with Gasteiger partial charge < -0.3 is 20.5 Å². The van der Waals surface area contributed by atoms with Crippen molar-refractivity contribution >= 4 is 27.7 Å². The maximum atomic E-state index is 15.4. The predicted molar refractivity (Wildman–Crippen MR) is 167 cm³/mol. The SMILES string of the molecule is COc1ccc([C@H](c2ccc(F)c(F)c2)[C@@H](C(=O)Nc2cccc(F)c2CCC2CNC3CCCS(=O)(=O)N2C3)N(C)C(=O)O)cn1. The number of pyridine rings is 1. The first-order valence-electron chi connectivity index (χ1n) is 15.1. The van der Waals surface area contributed by atoms with E-state index >= 15 is 4.39 Å². The molecule has 5 atom stereocenters. The lowest BCUT2D eigenvalue weighted by Gasteiger charge is -2.37. The van der Waals surface area contributed by atoms with Gasteiger partial charge in [-0.15, -0.1) is 0 Å². The Morgan fingerprint density at radius 3 is 2.57 bits per heavy atom. The average molecular weight is 676 g/mol. The molecule has 47 heavy (non-hydrogen) atoms. The maximum absolute atomic E-state index is 15.4. The van der Waals surface area contributed by atoms with E-state index < -0.39 is 57.5 Å². The summed E-state index contributed by atoms with van der Waals surface area (Å²) in [6.45, 7) is 0.736. The zero-order valence-electron chi connectivity index (χ0n) is 25.8. The van der Waals surface area contributed by atoms with Crippen LogP contribution in [0, 0.1) is 17.5 Å². The van der Waals surface area contributed by atoms with Crippen molar-refractivity contribution < 1.29 is 41.0 Å². The number of aromatic nitrogens is 1. The Labute approximate surface area is 270 Å². The summed E-state index contributed by atoms with van der Waals surface area (Å²) in [4.78, 5) is 31.3. The largest absolute Gasteiger partial charge is 0.481 e. The van der Waals surface area contributed by atoms with Gasteiger partial charge in [-0.05, 0) is 61.1 Å². The van der Waals surface area contributed by atoms with Crippen LogP contribution < -0.4 is 15.4 Å². The van der Waals surface area contributed by atoms with E-state index in [0.29, 0.717) is 25.1 Å². The molecule has 15 heteroatoms. The van der Waals surface area contributed by atoms with Crippen LogP contribution >= 0.6 is 0 Å². The Morgan fingerprint density at radius 2 is 1.89 bits per heavy atom. The number of piperazine rings is 1. The summed E-state index contributed by atoms with van der Waals surface area (Å²) >= 11 is 0. The molecule has 5 rings (SSSR count). The molecule has 3 heterocycles. The molecule has 3 N–H and O–H groups in total. The van der Waals surface area contributed by atoms with Crippen LogP contribution in [-0.4, -0.2) is 90.8 Å². The summed E-state index contributed by atoms with van der Waals surface area (Å²) in [5.74, 6) is -4.75. The van der Waals surface area contributed by atoms with Crippen molar-refractivity contribution in [1.82, 2.24) is 19.5 Å². The normalized spacial score (nSPS) is 21.6. The predicted octanol–water partition coefficient (Wildman–Crippen LogP) is 3.96. The zero-order chi connectivity index (χ0) is 33.9. The third kappa shape index (κ3) is 7.52. The van der Waals surface area contributed by atoms with E-state index in [0.717, 1.165) is 30.5 Å². The average Bonchev–Trinajstić information content (AvgIpc) is 3.16. The lowest BCUT2D eigenvalue weighted by molar-refractivity contribution is -0.120. The second-order valence-corrected chi connectivity index (χ2v) is 13.7. The van der Waals surface area contributed by atoms with Gasteiger partial charge in [0, 0.05) is 61.7 Å². The first kappa shape index (κ1) is 34.1. The van der Waals surface area contributed by atoms with E-state index in [1.807, 2.05) is 0 Å². The summed E-state index contributed by atoms with van der Waals surface area (Å²) < 4.78 is 76.3. The number of ether oxygens (including phenoxy) is 1. The molecule has 0 aliphatic carbocycles. The maximum Gasteiger partial charge on any atom is 0.407 e. The van der Waals surface area contributed by atoms with Crippen LogP contribution in [0.5, 0.6) is 5.88 Å². The molecule has 2 aliphatic heterocycles. The Kier molecular flexibility index (Phi) is 10.4. The van der Waals surface area contributed by atoms with Crippen LogP contribution in [0.15, 0.2) is 54.7 Å². The third-order valence-electron chi connectivity index (χ3n) is 8.80. The fraction of sp³-hybridized carbons (Fsp3) is 0.406. The number of sulfonamides is 1. The number of amides is 2. The Bertz CT molecular complexity index is 1730. The van der Waals surface area contributed by atoms with Crippen LogP contribution in [0.1, 0.15) is 41.9 Å². The van der Waals surface area contributed by atoms with Gasteiger partial charge in [-0.2, -0.15) is 4.31 Å². The number of methoxy groups -OCH3 is 1. The molecular formula is C32H36F3N5O6S. The summed E-state index contributed by atoms with van der Waals surface area (Å²) in [6, 6.07) is 8.15. The lowest BCUT2D eigenvalue weighted by atomic mass is 9.84. The number of carbonyl (C=O) groups is 2. The second kappa shape index (κ2) is 14.3. The fourth-order valence-electron chi connectivity index (χ4n) is 6.32. The van der Waals surface area contributed by atoms with Gasteiger partial charge in [0.2, 0.25) is 21.8 Å². The molecule has 252 valence electrons. The highest BCUT2D eigenvalue weighted by molar-refractivity contribution is 7.89. The van der Waals surface area contributed by atoms with Gasteiger partial charge in [-0.1, -0.05) is 18.2 Å². The van der Waals surface area contributed by atoms with Crippen molar-refractivity contribution in [2.75, 3.05) is 38.3 Å². The molecule has 0 saturated carbocycles. The number of carbonyl (C=O) groups excluding carboxylic acids is 1. The first-order chi connectivity index (χ1) is 22.4. The van der Waals surface area contributed by atoms with Crippen molar-refractivity contribution in [2.24, 2.45) is 0 Å². The topological polar surface area (TPSA) is 141 Å². The van der Waals surface area contributed by atoms with Gasteiger partial charge in [0.15, 0.2) is 11.6 Å². The number of benzene rings is 2. The van der Waals surface area contributed by atoms with E-state index in [1.165, 1.54) is 54.0 Å². The Morgan fingerprint density at radius 1 is 1.13 bits per heavy atom. The van der Waals surface area contributed by atoms with Gasteiger partial charge >= 0.3 is 6.09 Å². The summed E-state index contributed by atoms with van der Waals surface area (Å²) in [5.41, 5.74) is 0.565. The van der Waals surface area contributed by atoms with E-state index in [-0.39, 0.29) is 47.3 Å². The monoisotopic (exact) mass is 675 g/mol. The van der Waals surface area contributed by atoms with Crippen molar-refractivity contribution in [2.45, 2.75) is 49.7 Å². The number of fused-ring (bicyclic) bond motifs is 2. The standard InChI is InChI=1S/C32H36F3N5O6S/c1-39(32(42)43)30(29(19-8-12-25(34)26(35)15-19)20-9-13-28(46-2)37-16-20)31(41)38-27-7-3-6-24(33)23(27)11-10-22-17-36-21-5-4-14-47(44,45)40(22)18-21/h3,6-9,12-13,15-16,21-22,29-30,36H,4-5,10-11,14,17-18H2,1-2H3,(H,38,41)(H,42,43)/t21?,22?,29-,30-/m0/s1. The number of anilines is 1. The first-order valence-corrected chi connectivity index (χ1v) is 16.7. The van der Waals surface area contributed by atoms with E-state index in [2.05, 4.69) is 15.6 Å². The number of hydrogen-bond donors (Lipinski definition) is 3. The molecule has 3 unspecified atom stereocenters. The van der Waals surface area contributed by atoms with Crippen LogP contribution in [0.3, 0.4) is 0 Å². The van der Waals surface area contributed by atoms with Gasteiger partial charge in [-0.25, -0.2) is 31.4 Å². The molecule has 2 bridgehead atoms. The number of carboxylic acid groups (broad SMARTS) is 1. The molecule has 2 fully saturated rings. The van der Waals surface area contributed by atoms with E-state index in [9.17, 15) is 31.9 Å². The number of likely N-dealkylation sites (N-methyl/N-ethyl adjacent to an activating group) is 1. The van der Waals surface area contributed by atoms with Crippen molar-refractivity contribution in [3.63, 3.8) is 0 Å². The Balaban J connectivity index is 1.47. The number of halogens is 3. The molecule has 3 aromatic rings. The third-order valence-corrected chi connectivity index (χ3v) is 10.8. The van der Waals surface area contributed by atoms with Gasteiger partial charge in [0.1, 0.15) is 11.9 Å². The number of nitrogens with one attached hydrogen (secondary N) is 2. The summed E-state index contributed by atoms with van der Waals surface area (Å²) in [7, 11) is -0.923. The quantitative estimate of drug-likeness (QED) is 0.294. The molecule has 11 nitrogen and oxygen atoms in total. The summed E-state index contributed by atoms with van der Waals surface area (Å²) in [5, 5.41) is 16.1. The van der Waals surface area contributed by atoms with E-state index in [1.54, 1.807) is 0 Å². The molecular weight excluding hydrogens is 639 g/mol. The fourth-order valence-corrected chi connectivity index (χ4v) is 8.13. The lowest BCUT2D eigenvalue weighted by Crippen LogP contribution is -2.57. The van der Waals surface area contributed by atoms with Crippen LogP contribution in [0.25, 0.3) is 0 Å². The molecule has 2 aromatic carbocycles. The molecule has 0 radical (unpaired) electrons. The molecule has 0 spiro atoms. The van der Waals surface area contributed by atoms with Crippen molar-refractivity contribution in [3.05, 3.63) is 88.9 Å². The molecule has 1 aromatic heterocycles. The minimum atomic E-state index is -3.48. The molecule has 2 saturated heterocycles. The van der Waals surface area contributed by atoms with Crippen LogP contribution in [0.4, 0.5) is 23.7 Å². The second-order valence-electron chi connectivity index (χ2n) is 11.7. The zero-order valence-corrected chi connectivity index (χ0v) is 26.6. The number of hydrogen-bond acceptors (Lipinski definition) is 7. The minimum absolute atomic E-state index is 0.0456. The van der Waals surface area contributed by atoms with E-state index in [4.69, 9.17) is 4.74 Å². The minimum Gasteiger partial charge on any atom is -0.481 e. The Hall–Kier alpha value is -4.21. The molecule has 2 aliphatic rings. The van der Waals surface area contributed by atoms with Gasteiger partial charge in [0.25, 0.3) is 0 Å². The summed E-state index contributed by atoms with van der Waals surface area (Å²) in [6.07, 6.45) is 1.48. The van der Waals surface area contributed by atoms with Crippen molar-refractivity contribution in [3.8, 4) is 5.88 Å². The van der Waals surface area contributed by atoms with Gasteiger partial charge in [0.05, 0.1) is 12.9 Å². The smallest absolute Gasteiger partial charge is 0.407 e. The highest BCUT2D eigenvalue weighted by Gasteiger charge is 2.39.